The molecule has 0 atom stereocenters. The van der Waals surface area contributed by atoms with Crippen LogP contribution in [0.3, 0.4) is 0 Å². The average Bonchev–Trinajstić information content (AvgIpc) is 3.32. The molecule has 0 unspecified atom stereocenters. The van der Waals surface area contributed by atoms with Gasteiger partial charge in [0.15, 0.2) is 11.6 Å². The van der Waals surface area contributed by atoms with E-state index < -0.39 is 0 Å². The minimum Gasteiger partial charge on any atom is -0.313 e. The van der Waals surface area contributed by atoms with Crippen LogP contribution in [0.4, 0.5) is 0 Å². The summed E-state index contributed by atoms with van der Waals surface area (Å²) in [5, 5.41) is 0. The molecule has 2 aromatic heterocycles. The fourth-order valence-corrected chi connectivity index (χ4v) is 4.46. The molecule has 0 bridgehead atoms. The van der Waals surface area contributed by atoms with Crippen molar-refractivity contribution in [3.8, 4) is 11.1 Å². The van der Waals surface area contributed by atoms with E-state index in [1.165, 1.54) is 0 Å². The molecule has 5 nitrogen and oxygen atoms in total. The van der Waals surface area contributed by atoms with Gasteiger partial charge in [0.25, 0.3) is 0 Å². The molecule has 0 amide bonds. The summed E-state index contributed by atoms with van der Waals surface area (Å²) in [5.74, 6) is -0.453. The molecule has 3 aromatic carbocycles. The van der Waals surface area contributed by atoms with Crippen molar-refractivity contribution in [1.29, 1.82) is 0 Å². The van der Waals surface area contributed by atoms with Crippen molar-refractivity contribution < 1.29 is 14.4 Å². The van der Waals surface area contributed by atoms with Gasteiger partial charge in [0.2, 0.25) is 5.78 Å². The smallest absolute Gasteiger partial charge is 0.209 e. The minimum absolute atomic E-state index is 0.120. The number of benzene rings is 3. The summed E-state index contributed by atoms with van der Waals surface area (Å²) < 4.78 is 1.71. The van der Waals surface area contributed by atoms with Crippen molar-refractivity contribution in [3.63, 3.8) is 0 Å². The van der Waals surface area contributed by atoms with Crippen molar-refractivity contribution in [2.75, 3.05) is 20.6 Å². The number of pyridine rings is 1. The van der Waals surface area contributed by atoms with E-state index in [1.54, 1.807) is 58.0 Å². The number of nitrogens with zero attached hydrogens (tertiary/aromatic N) is 2. The maximum Gasteiger partial charge on any atom is 0.209 e. The Kier molecular flexibility index (Phi) is 6.62. The number of carbonyl (C=O) groups is 3. The summed E-state index contributed by atoms with van der Waals surface area (Å²) in [5.41, 5.74) is 4.97. The first-order valence-corrected chi connectivity index (χ1v) is 12.1. The van der Waals surface area contributed by atoms with Crippen LogP contribution >= 0.6 is 0 Å². The summed E-state index contributed by atoms with van der Waals surface area (Å²) in [6, 6.07) is 31.5. The van der Waals surface area contributed by atoms with Crippen molar-refractivity contribution >= 4 is 22.9 Å². The second kappa shape index (κ2) is 10.2. The van der Waals surface area contributed by atoms with E-state index in [9.17, 15) is 14.4 Å². The highest BCUT2D eigenvalue weighted by molar-refractivity contribution is 6.14. The highest BCUT2D eigenvalue weighted by atomic mass is 16.1. The van der Waals surface area contributed by atoms with Crippen molar-refractivity contribution in [2.45, 2.75) is 0 Å². The Morgan fingerprint density at radius 3 is 1.89 bits per heavy atom. The van der Waals surface area contributed by atoms with Crippen LogP contribution in [0.15, 0.2) is 109 Å². The van der Waals surface area contributed by atoms with E-state index in [4.69, 9.17) is 0 Å². The quantitative estimate of drug-likeness (QED) is 0.260. The highest BCUT2D eigenvalue weighted by Gasteiger charge is 2.22. The molecule has 5 heteroatoms. The second-order valence-electron chi connectivity index (χ2n) is 9.24. The summed E-state index contributed by atoms with van der Waals surface area (Å²) in [6.45, 7) is 0.190. The van der Waals surface area contributed by atoms with Crippen LogP contribution < -0.4 is 0 Å². The molecule has 0 N–H and O–H groups in total. The molecule has 0 saturated heterocycles. The zero-order valence-electron chi connectivity index (χ0n) is 20.7. The Hall–Kier alpha value is -4.61. The summed E-state index contributed by atoms with van der Waals surface area (Å²) in [6.07, 6.45) is 1.70. The number of rotatable bonds is 8. The first-order chi connectivity index (χ1) is 17.9. The minimum atomic E-state index is -0.194. The average molecular weight is 487 g/mol. The van der Waals surface area contributed by atoms with Crippen LogP contribution in [-0.4, -0.2) is 47.3 Å². The van der Waals surface area contributed by atoms with Gasteiger partial charge in [0, 0.05) is 28.5 Å². The fourth-order valence-electron chi connectivity index (χ4n) is 4.46. The van der Waals surface area contributed by atoms with Crippen LogP contribution in [-0.2, 0) is 0 Å². The van der Waals surface area contributed by atoms with Gasteiger partial charge < -0.3 is 9.30 Å². The molecule has 0 fully saturated rings. The number of aromatic nitrogens is 1. The van der Waals surface area contributed by atoms with Crippen LogP contribution in [0.25, 0.3) is 16.6 Å². The number of hydrogen-bond donors (Lipinski definition) is 0. The van der Waals surface area contributed by atoms with Gasteiger partial charge in [0.1, 0.15) is 0 Å². The lowest BCUT2D eigenvalue weighted by atomic mass is 10.0. The van der Waals surface area contributed by atoms with Crippen LogP contribution in [0, 0.1) is 0 Å². The van der Waals surface area contributed by atoms with Gasteiger partial charge in [-0.05, 0) is 43.4 Å². The molecule has 0 aliphatic heterocycles. The first kappa shape index (κ1) is 24.1. The topological polar surface area (TPSA) is 58.9 Å². The Bertz CT molecular complexity index is 1600. The normalized spacial score (nSPS) is 11.1. The molecule has 0 saturated carbocycles. The van der Waals surface area contributed by atoms with E-state index in [0.717, 1.165) is 11.1 Å². The predicted octanol–water partition coefficient (Wildman–Crippen LogP) is 5.81. The lowest BCUT2D eigenvalue weighted by Crippen LogP contribution is -2.21. The number of likely N-dealkylation sites (N-methyl/N-ethyl adjacent to an activating group) is 1. The van der Waals surface area contributed by atoms with Gasteiger partial charge in [-0.1, -0.05) is 84.9 Å². The van der Waals surface area contributed by atoms with Crippen LogP contribution in [0.1, 0.15) is 42.3 Å². The van der Waals surface area contributed by atoms with Crippen molar-refractivity contribution in [2.24, 2.45) is 0 Å². The van der Waals surface area contributed by atoms with Gasteiger partial charge in [-0.3, -0.25) is 14.4 Å². The monoisotopic (exact) mass is 486 g/mol. The zero-order valence-corrected chi connectivity index (χ0v) is 20.7. The molecule has 5 aromatic rings. The van der Waals surface area contributed by atoms with Gasteiger partial charge in [-0.15, -0.1) is 0 Å². The molecule has 0 aliphatic carbocycles. The molecule has 0 aliphatic rings. The Balaban J connectivity index is 1.56. The Morgan fingerprint density at radius 1 is 0.649 bits per heavy atom. The SMILES string of the molecule is CN(C)CC(=O)c1cc(C(=O)c2ccc(-c3ccccc3)cc2)n2ccc(C(=O)c3ccccc3)cc12. The van der Waals surface area contributed by atoms with E-state index >= 15 is 0 Å². The van der Waals surface area contributed by atoms with E-state index in [-0.39, 0.29) is 23.9 Å². The van der Waals surface area contributed by atoms with Crippen LogP contribution in [0.2, 0.25) is 0 Å². The number of Topliss-reactive ketones (excluding diaryl/α,β-unsaturated/α-hetero) is 1. The molecule has 0 spiro atoms. The Morgan fingerprint density at radius 2 is 1.24 bits per heavy atom. The molecule has 2 heterocycles. The summed E-state index contributed by atoms with van der Waals surface area (Å²) in [4.78, 5) is 41.6. The third-order valence-corrected chi connectivity index (χ3v) is 6.32. The van der Waals surface area contributed by atoms with Gasteiger partial charge in [-0.2, -0.15) is 0 Å². The lowest BCUT2D eigenvalue weighted by molar-refractivity contribution is 0.0958. The third kappa shape index (κ3) is 4.90. The largest absolute Gasteiger partial charge is 0.313 e. The first-order valence-electron chi connectivity index (χ1n) is 12.1. The maximum atomic E-state index is 13.6. The number of hydrogen-bond acceptors (Lipinski definition) is 4. The van der Waals surface area contributed by atoms with Crippen molar-refractivity contribution in [3.05, 3.63) is 137 Å². The van der Waals surface area contributed by atoms with Crippen LogP contribution in [0.5, 0.6) is 0 Å². The molecular formula is C32H26N2O3. The van der Waals surface area contributed by atoms with E-state index in [2.05, 4.69) is 0 Å². The molecule has 5 rings (SSSR count). The standard InChI is InChI=1S/C32H26N2O3/c1-33(2)21-30(35)27-20-29(32(37)25-15-13-23(14-16-25)22-9-5-3-6-10-22)34-18-17-26(19-28(27)34)31(36)24-11-7-4-8-12-24/h3-20H,21H2,1-2H3. The zero-order chi connectivity index (χ0) is 25.9. The lowest BCUT2D eigenvalue weighted by Gasteiger charge is -2.08. The number of ketones is 3. The summed E-state index contributed by atoms with van der Waals surface area (Å²) in [7, 11) is 3.64. The van der Waals surface area contributed by atoms with Gasteiger partial charge >= 0.3 is 0 Å². The highest BCUT2D eigenvalue weighted by Crippen LogP contribution is 2.25. The maximum absolute atomic E-state index is 13.6. The van der Waals surface area contributed by atoms with Crippen molar-refractivity contribution in [1.82, 2.24) is 9.30 Å². The molecule has 37 heavy (non-hydrogen) atoms. The third-order valence-electron chi connectivity index (χ3n) is 6.32. The van der Waals surface area contributed by atoms with E-state index in [0.29, 0.717) is 33.5 Å². The van der Waals surface area contributed by atoms with E-state index in [1.807, 2.05) is 74.8 Å². The second-order valence-corrected chi connectivity index (χ2v) is 9.24. The molecule has 0 radical (unpaired) electrons. The molecule has 182 valence electrons. The predicted molar refractivity (Wildman–Crippen MR) is 145 cm³/mol. The fraction of sp³-hybridized carbons (Fsp3) is 0.0938. The number of carbonyl (C=O) groups excluding carboxylic acids is 3. The molecular weight excluding hydrogens is 460 g/mol. The Labute approximate surface area is 215 Å². The number of fused-ring (bicyclic) bond motifs is 1. The van der Waals surface area contributed by atoms with Gasteiger partial charge in [0.05, 0.1) is 17.8 Å². The van der Waals surface area contributed by atoms with Gasteiger partial charge in [-0.25, -0.2) is 0 Å². The summed E-state index contributed by atoms with van der Waals surface area (Å²) >= 11 is 0.